The Bertz CT molecular complexity index is 366. The molecule has 0 saturated carbocycles. The van der Waals surface area contributed by atoms with Gasteiger partial charge in [0.15, 0.2) is 5.78 Å². The number of ether oxygens (including phenoxy) is 1. The van der Waals surface area contributed by atoms with Crippen LogP contribution < -0.4 is 4.74 Å². The van der Waals surface area contributed by atoms with Gasteiger partial charge in [-0.1, -0.05) is 15.9 Å². The van der Waals surface area contributed by atoms with E-state index in [2.05, 4.69) is 54.5 Å². The van der Waals surface area contributed by atoms with Crippen LogP contribution in [0.2, 0.25) is 0 Å². The molecule has 14 heavy (non-hydrogen) atoms. The Morgan fingerprint density at radius 1 is 1.57 bits per heavy atom. The second-order valence-corrected chi connectivity index (χ2v) is 5.02. The summed E-state index contributed by atoms with van der Waals surface area (Å²) in [7, 11) is 1.59. The van der Waals surface area contributed by atoms with Crippen LogP contribution in [0.3, 0.4) is 0 Å². The zero-order valence-corrected chi connectivity index (χ0v) is 12.6. The number of rotatable bonds is 3. The number of ketones is 1. The molecule has 5 heteroatoms. The first-order valence-corrected chi connectivity index (χ1v) is 6.71. The highest BCUT2D eigenvalue weighted by atomic mass is 127. The molecule has 0 aliphatic carbocycles. The van der Waals surface area contributed by atoms with Gasteiger partial charge >= 0.3 is 0 Å². The molecule has 2 nitrogen and oxygen atoms in total. The molecule has 0 radical (unpaired) electrons. The minimum absolute atomic E-state index is 0.0420. The molecule has 0 aliphatic heterocycles. The first-order chi connectivity index (χ1) is 6.60. The lowest BCUT2D eigenvalue weighted by atomic mass is 10.1. The van der Waals surface area contributed by atoms with Crippen LogP contribution in [0, 0.1) is 3.57 Å². The van der Waals surface area contributed by atoms with E-state index >= 15 is 0 Å². The molecule has 0 fully saturated rings. The van der Waals surface area contributed by atoms with Gasteiger partial charge in [-0.25, -0.2) is 0 Å². The normalized spacial score (nSPS) is 10.0. The molecule has 0 amide bonds. The van der Waals surface area contributed by atoms with Gasteiger partial charge in [0.05, 0.1) is 16.0 Å². The van der Waals surface area contributed by atoms with Crippen molar-refractivity contribution in [2.24, 2.45) is 0 Å². The molecule has 1 rings (SSSR count). The number of benzene rings is 1. The number of alkyl halides is 1. The number of Topliss-reactive ketones (excluding diaryl/α,β-unsaturated/α-hetero) is 1. The van der Waals surface area contributed by atoms with Gasteiger partial charge in [0.2, 0.25) is 0 Å². The monoisotopic (exact) mass is 432 g/mol. The molecule has 1 aromatic carbocycles. The topological polar surface area (TPSA) is 26.3 Å². The molecular formula is C9H7Br2IO2. The van der Waals surface area contributed by atoms with Crippen molar-refractivity contribution in [2.45, 2.75) is 0 Å². The Morgan fingerprint density at radius 3 is 2.71 bits per heavy atom. The van der Waals surface area contributed by atoms with E-state index in [-0.39, 0.29) is 5.78 Å². The van der Waals surface area contributed by atoms with Gasteiger partial charge in [0.25, 0.3) is 0 Å². The number of hydrogen-bond acceptors (Lipinski definition) is 2. The molecule has 0 unspecified atom stereocenters. The maximum atomic E-state index is 11.4. The third kappa shape index (κ3) is 2.70. The lowest BCUT2D eigenvalue weighted by molar-refractivity contribution is 0.102. The van der Waals surface area contributed by atoms with Crippen molar-refractivity contribution < 1.29 is 9.53 Å². The fraction of sp³-hybridized carbons (Fsp3) is 0.222. The minimum Gasteiger partial charge on any atom is -0.496 e. The number of hydrogen-bond donors (Lipinski definition) is 0. The Balaban J connectivity index is 3.22. The van der Waals surface area contributed by atoms with Crippen molar-refractivity contribution >= 4 is 60.2 Å². The van der Waals surface area contributed by atoms with Crippen molar-refractivity contribution in [3.05, 3.63) is 25.7 Å². The van der Waals surface area contributed by atoms with Crippen LogP contribution in [0.15, 0.2) is 16.6 Å². The van der Waals surface area contributed by atoms with Crippen molar-refractivity contribution in [3.8, 4) is 5.75 Å². The van der Waals surface area contributed by atoms with E-state index in [0.717, 1.165) is 8.04 Å². The number of halogens is 3. The van der Waals surface area contributed by atoms with E-state index in [0.29, 0.717) is 16.6 Å². The molecule has 0 saturated heterocycles. The van der Waals surface area contributed by atoms with E-state index in [1.54, 1.807) is 19.2 Å². The highest BCUT2D eigenvalue weighted by molar-refractivity contribution is 14.1. The van der Waals surface area contributed by atoms with Crippen LogP contribution >= 0.6 is 54.5 Å². The van der Waals surface area contributed by atoms with Crippen LogP contribution in [0.4, 0.5) is 0 Å². The quantitative estimate of drug-likeness (QED) is 0.413. The standard InChI is InChI=1S/C9H7Br2IO2/c1-14-8-3-5(7(13)4-10)2-6(11)9(8)12/h2-3H,4H2,1H3. The molecule has 0 aliphatic rings. The molecule has 0 bridgehead atoms. The van der Waals surface area contributed by atoms with Gasteiger partial charge in [-0.3, -0.25) is 4.79 Å². The fourth-order valence-corrected chi connectivity index (χ4v) is 2.25. The Morgan fingerprint density at radius 2 is 2.21 bits per heavy atom. The average Bonchev–Trinajstić information content (AvgIpc) is 2.20. The highest BCUT2D eigenvalue weighted by Crippen LogP contribution is 2.30. The van der Waals surface area contributed by atoms with E-state index in [1.807, 2.05) is 0 Å². The minimum atomic E-state index is 0.0420. The maximum Gasteiger partial charge on any atom is 0.173 e. The van der Waals surface area contributed by atoms with Crippen LogP contribution in [-0.4, -0.2) is 18.2 Å². The molecule has 0 aromatic heterocycles. The number of methoxy groups -OCH3 is 1. The molecule has 76 valence electrons. The SMILES string of the molecule is COc1cc(C(=O)CBr)cc(Br)c1I. The Hall–Kier alpha value is 0.380. The summed E-state index contributed by atoms with van der Waals surface area (Å²) >= 11 is 8.68. The summed E-state index contributed by atoms with van der Waals surface area (Å²) in [6.07, 6.45) is 0. The predicted molar refractivity (Wildman–Crippen MR) is 71.5 cm³/mol. The highest BCUT2D eigenvalue weighted by Gasteiger charge is 2.11. The van der Waals surface area contributed by atoms with Crippen LogP contribution in [0.5, 0.6) is 5.75 Å². The molecule has 0 heterocycles. The number of carbonyl (C=O) groups excluding carboxylic acids is 1. The van der Waals surface area contributed by atoms with Crippen molar-refractivity contribution in [1.82, 2.24) is 0 Å². The van der Waals surface area contributed by atoms with Gasteiger partial charge in [-0.05, 0) is 50.7 Å². The summed E-state index contributed by atoms with van der Waals surface area (Å²) < 4.78 is 7.00. The van der Waals surface area contributed by atoms with Crippen LogP contribution in [0.25, 0.3) is 0 Å². The van der Waals surface area contributed by atoms with E-state index in [1.165, 1.54) is 0 Å². The fourth-order valence-electron chi connectivity index (χ4n) is 0.951. The second-order valence-electron chi connectivity index (χ2n) is 2.53. The Labute approximate surface area is 113 Å². The second kappa shape index (κ2) is 5.46. The summed E-state index contributed by atoms with van der Waals surface area (Å²) in [6.45, 7) is 0. The lowest BCUT2D eigenvalue weighted by Crippen LogP contribution is -2.01. The summed E-state index contributed by atoms with van der Waals surface area (Å²) in [5, 5.41) is 0.323. The first kappa shape index (κ1) is 12.4. The van der Waals surface area contributed by atoms with Crippen molar-refractivity contribution in [3.63, 3.8) is 0 Å². The third-order valence-corrected chi connectivity index (χ3v) is 4.65. The van der Waals surface area contributed by atoms with Crippen LogP contribution in [-0.2, 0) is 0 Å². The maximum absolute atomic E-state index is 11.4. The zero-order chi connectivity index (χ0) is 10.7. The summed E-state index contributed by atoms with van der Waals surface area (Å²) in [4.78, 5) is 11.4. The number of carbonyl (C=O) groups is 1. The molecule has 0 spiro atoms. The van der Waals surface area contributed by atoms with Gasteiger partial charge in [0, 0.05) is 10.0 Å². The lowest BCUT2D eigenvalue weighted by Gasteiger charge is -2.07. The summed E-state index contributed by atoms with van der Waals surface area (Å²) in [5.74, 6) is 0.754. The third-order valence-electron chi connectivity index (χ3n) is 1.66. The molecule has 0 N–H and O–H groups in total. The van der Waals surface area contributed by atoms with E-state index < -0.39 is 0 Å². The van der Waals surface area contributed by atoms with Crippen LogP contribution in [0.1, 0.15) is 10.4 Å². The predicted octanol–water partition coefficient (Wildman–Crippen LogP) is 3.64. The summed E-state index contributed by atoms with van der Waals surface area (Å²) in [6, 6.07) is 3.55. The smallest absolute Gasteiger partial charge is 0.173 e. The first-order valence-electron chi connectivity index (χ1n) is 3.72. The van der Waals surface area contributed by atoms with E-state index in [4.69, 9.17) is 4.74 Å². The Kier molecular flexibility index (Phi) is 4.86. The zero-order valence-electron chi connectivity index (χ0n) is 7.31. The molecule has 1 aromatic rings. The largest absolute Gasteiger partial charge is 0.496 e. The van der Waals surface area contributed by atoms with Gasteiger partial charge in [0.1, 0.15) is 5.75 Å². The van der Waals surface area contributed by atoms with Crippen molar-refractivity contribution in [2.75, 3.05) is 12.4 Å². The molecular weight excluding hydrogens is 427 g/mol. The van der Waals surface area contributed by atoms with Gasteiger partial charge in [-0.2, -0.15) is 0 Å². The van der Waals surface area contributed by atoms with Gasteiger partial charge < -0.3 is 4.74 Å². The average molecular weight is 434 g/mol. The van der Waals surface area contributed by atoms with E-state index in [9.17, 15) is 4.79 Å². The van der Waals surface area contributed by atoms with Gasteiger partial charge in [-0.15, -0.1) is 0 Å². The molecule has 0 atom stereocenters. The summed E-state index contributed by atoms with van der Waals surface area (Å²) in [5.41, 5.74) is 0.644. The van der Waals surface area contributed by atoms with Crippen molar-refractivity contribution in [1.29, 1.82) is 0 Å².